The molecule has 2 heterocycles. The highest BCUT2D eigenvalue weighted by Gasteiger charge is 2.34. The van der Waals surface area contributed by atoms with Crippen LogP contribution in [0.3, 0.4) is 0 Å². The predicted molar refractivity (Wildman–Crippen MR) is 78.0 cm³/mol. The zero-order valence-corrected chi connectivity index (χ0v) is 12.8. The average molecular weight is 253 g/mol. The standard InChI is InChI=1S/C15H31N3/c1-5-6-7-16-12-14(13-16)17-8-10-18(11-9-17)15(2,3)4/h14H,5-13H2,1-4H3. The molecule has 2 rings (SSSR count). The molecule has 0 spiro atoms. The molecule has 0 aromatic rings. The van der Waals surface area contributed by atoms with Crippen molar-refractivity contribution in [1.29, 1.82) is 0 Å². The molecule has 0 aliphatic carbocycles. The summed E-state index contributed by atoms with van der Waals surface area (Å²) in [5.74, 6) is 0. The summed E-state index contributed by atoms with van der Waals surface area (Å²) in [7, 11) is 0. The van der Waals surface area contributed by atoms with E-state index in [0.717, 1.165) is 6.04 Å². The largest absolute Gasteiger partial charge is 0.300 e. The molecule has 0 N–H and O–H groups in total. The van der Waals surface area contributed by atoms with Gasteiger partial charge in [0.05, 0.1) is 0 Å². The molecule has 106 valence electrons. The molecule has 0 saturated carbocycles. The Hall–Kier alpha value is -0.120. The second-order valence-electron chi connectivity index (χ2n) is 6.96. The van der Waals surface area contributed by atoms with Gasteiger partial charge in [-0.3, -0.25) is 9.80 Å². The van der Waals surface area contributed by atoms with Gasteiger partial charge in [-0.2, -0.15) is 0 Å². The van der Waals surface area contributed by atoms with E-state index in [0.29, 0.717) is 5.54 Å². The van der Waals surface area contributed by atoms with Gasteiger partial charge in [0.15, 0.2) is 0 Å². The summed E-state index contributed by atoms with van der Waals surface area (Å²) in [4.78, 5) is 7.95. The van der Waals surface area contributed by atoms with Crippen molar-refractivity contribution in [3.63, 3.8) is 0 Å². The molecule has 18 heavy (non-hydrogen) atoms. The first-order valence-electron chi connectivity index (χ1n) is 7.72. The van der Waals surface area contributed by atoms with Gasteiger partial charge in [-0.1, -0.05) is 13.3 Å². The Balaban J connectivity index is 1.66. The predicted octanol–water partition coefficient (Wildman–Crippen LogP) is 1.89. The van der Waals surface area contributed by atoms with E-state index >= 15 is 0 Å². The number of likely N-dealkylation sites (tertiary alicyclic amines) is 1. The van der Waals surface area contributed by atoms with Gasteiger partial charge in [0.1, 0.15) is 0 Å². The fourth-order valence-corrected chi connectivity index (χ4v) is 3.10. The Morgan fingerprint density at radius 3 is 2.11 bits per heavy atom. The van der Waals surface area contributed by atoms with Gasteiger partial charge < -0.3 is 4.90 Å². The summed E-state index contributed by atoms with van der Waals surface area (Å²) >= 11 is 0. The quantitative estimate of drug-likeness (QED) is 0.757. The van der Waals surface area contributed by atoms with Crippen LogP contribution in [0.4, 0.5) is 0 Å². The van der Waals surface area contributed by atoms with Crippen LogP contribution in [0.2, 0.25) is 0 Å². The molecule has 0 aromatic heterocycles. The lowest BCUT2D eigenvalue weighted by Gasteiger charge is -2.50. The summed E-state index contributed by atoms with van der Waals surface area (Å²) in [6, 6.07) is 0.851. The third kappa shape index (κ3) is 3.46. The minimum atomic E-state index is 0.346. The highest BCUT2D eigenvalue weighted by Crippen LogP contribution is 2.20. The van der Waals surface area contributed by atoms with Crippen molar-refractivity contribution in [3.8, 4) is 0 Å². The second-order valence-corrected chi connectivity index (χ2v) is 6.96. The number of piperazine rings is 1. The fourth-order valence-electron chi connectivity index (χ4n) is 3.10. The van der Waals surface area contributed by atoms with Crippen molar-refractivity contribution >= 4 is 0 Å². The Labute approximate surface area is 113 Å². The topological polar surface area (TPSA) is 9.72 Å². The number of rotatable bonds is 4. The SMILES string of the molecule is CCCCN1CC(N2CCN(C(C)(C)C)CC2)C1. The first-order valence-corrected chi connectivity index (χ1v) is 7.72. The van der Waals surface area contributed by atoms with Crippen molar-refractivity contribution in [2.75, 3.05) is 45.8 Å². The van der Waals surface area contributed by atoms with Crippen LogP contribution in [-0.4, -0.2) is 72.1 Å². The highest BCUT2D eigenvalue weighted by molar-refractivity contribution is 4.91. The van der Waals surface area contributed by atoms with Crippen molar-refractivity contribution in [3.05, 3.63) is 0 Å². The molecule has 3 nitrogen and oxygen atoms in total. The maximum atomic E-state index is 2.71. The molecule has 2 fully saturated rings. The first-order chi connectivity index (χ1) is 8.50. The third-order valence-corrected chi connectivity index (χ3v) is 4.55. The molecule has 0 radical (unpaired) electrons. The van der Waals surface area contributed by atoms with Crippen molar-refractivity contribution in [1.82, 2.24) is 14.7 Å². The summed E-state index contributed by atoms with van der Waals surface area (Å²) in [6.07, 6.45) is 2.69. The minimum absolute atomic E-state index is 0.346. The van der Waals surface area contributed by atoms with E-state index in [1.54, 1.807) is 0 Å². The molecule has 0 atom stereocenters. The van der Waals surface area contributed by atoms with Gasteiger partial charge in [0.25, 0.3) is 0 Å². The zero-order valence-electron chi connectivity index (χ0n) is 12.8. The maximum absolute atomic E-state index is 2.71. The van der Waals surface area contributed by atoms with Gasteiger partial charge >= 0.3 is 0 Å². The van der Waals surface area contributed by atoms with E-state index in [1.807, 2.05) is 0 Å². The van der Waals surface area contributed by atoms with Gasteiger partial charge in [-0.15, -0.1) is 0 Å². The molecule has 0 amide bonds. The van der Waals surface area contributed by atoms with E-state index < -0.39 is 0 Å². The molecule has 2 saturated heterocycles. The number of hydrogen-bond donors (Lipinski definition) is 0. The van der Waals surface area contributed by atoms with Gasteiger partial charge in [0, 0.05) is 50.8 Å². The molecular weight excluding hydrogens is 222 g/mol. The Kier molecular flexibility index (Phi) is 4.68. The molecule has 0 bridgehead atoms. The van der Waals surface area contributed by atoms with Crippen LogP contribution in [0.25, 0.3) is 0 Å². The monoisotopic (exact) mass is 253 g/mol. The van der Waals surface area contributed by atoms with Crippen LogP contribution in [0.15, 0.2) is 0 Å². The van der Waals surface area contributed by atoms with Crippen molar-refractivity contribution in [2.24, 2.45) is 0 Å². The van der Waals surface area contributed by atoms with E-state index in [9.17, 15) is 0 Å². The lowest BCUT2D eigenvalue weighted by atomic mass is 10.0. The Morgan fingerprint density at radius 1 is 1.00 bits per heavy atom. The smallest absolute Gasteiger partial charge is 0.0351 e. The second kappa shape index (κ2) is 5.89. The molecule has 3 heteroatoms. The Bertz CT molecular complexity index is 245. The van der Waals surface area contributed by atoms with E-state index in [-0.39, 0.29) is 0 Å². The van der Waals surface area contributed by atoms with Gasteiger partial charge in [-0.25, -0.2) is 0 Å². The van der Waals surface area contributed by atoms with Crippen LogP contribution in [-0.2, 0) is 0 Å². The molecule has 2 aliphatic heterocycles. The van der Waals surface area contributed by atoms with Crippen LogP contribution in [0.1, 0.15) is 40.5 Å². The van der Waals surface area contributed by atoms with Crippen molar-refractivity contribution in [2.45, 2.75) is 52.1 Å². The summed E-state index contributed by atoms with van der Waals surface area (Å²) in [5, 5.41) is 0. The number of hydrogen-bond acceptors (Lipinski definition) is 3. The number of nitrogens with zero attached hydrogens (tertiary/aromatic N) is 3. The highest BCUT2D eigenvalue weighted by atomic mass is 15.4. The molecule has 2 aliphatic rings. The van der Waals surface area contributed by atoms with Crippen LogP contribution in [0.5, 0.6) is 0 Å². The van der Waals surface area contributed by atoms with Gasteiger partial charge in [0.2, 0.25) is 0 Å². The van der Waals surface area contributed by atoms with Crippen LogP contribution in [0, 0.1) is 0 Å². The van der Waals surface area contributed by atoms with Crippen molar-refractivity contribution < 1.29 is 0 Å². The summed E-state index contributed by atoms with van der Waals surface area (Å²) < 4.78 is 0. The Morgan fingerprint density at radius 2 is 1.61 bits per heavy atom. The zero-order chi connectivity index (χ0) is 13.2. The average Bonchev–Trinajstić information content (AvgIpc) is 2.26. The number of unbranched alkanes of at least 4 members (excludes halogenated alkanes) is 1. The normalized spacial score (nSPS) is 25.3. The van der Waals surface area contributed by atoms with Crippen LogP contribution >= 0.6 is 0 Å². The summed E-state index contributed by atoms with van der Waals surface area (Å²) in [5.41, 5.74) is 0.346. The molecule has 0 unspecified atom stereocenters. The summed E-state index contributed by atoms with van der Waals surface area (Å²) in [6.45, 7) is 18.2. The van der Waals surface area contributed by atoms with Gasteiger partial charge in [-0.05, 0) is 33.7 Å². The van der Waals surface area contributed by atoms with E-state index in [4.69, 9.17) is 0 Å². The third-order valence-electron chi connectivity index (χ3n) is 4.55. The fraction of sp³-hybridized carbons (Fsp3) is 1.00. The van der Waals surface area contributed by atoms with Crippen LogP contribution < -0.4 is 0 Å². The lowest BCUT2D eigenvalue weighted by molar-refractivity contribution is -0.0140. The minimum Gasteiger partial charge on any atom is -0.300 e. The molecular formula is C15H31N3. The van der Waals surface area contributed by atoms with E-state index in [2.05, 4.69) is 42.4 Å². The first kappa shape index (κ1) is 14.3. The maximum Gasteiger partial charge on any atom is 0.0351 e. The molecule has 0 aromatic carbocycles. The lowest BCUT2D eigenvalue weighted by Crippen LogP contribution is -2.64. The van der Waals surface area contributed by atoms with E-state index in [1.165, 1.54) is 58.7 Å².